The van der Waals surface area contributed by atoms with Gasteiger partial charge >= 0.3 is 0 Å². The van der Waals surface area contributed by atoms with Gasteiger partial charge in [0.25, 0.3) is 0 Å². The van der Waals surface area contributed by atoms with Gasteiger partial charge in [0.15, 0.2) is 0 Å². The van der Waals surface area contributed by atoms with Crippen LogP contribution in [0.3, 0.4) is 0 Å². The number of aliphatic hydroxyl groups excluding tert-OH is 1. The van der Waals surface area contributed by atoms with Crippen molar-refractivity contribution in [1.82, 2.24) is 0 Å². The zero-order valence-electron chi connectivity index (χ0n) is 11.0. The molecule has 0 aromatic heterocycles. The first-order chi connectivity index (χ1) is 8.66. The Morgan fingerprint density at radius 2 is 1.56 bits per heavy atom. The summed E-state index contributed by atoms with van der Waals surface area (Å²) in [4.78, 5) is 0. The third-order valence-electron chi connectivity index (χ3n) is 3.23. The largest absolute Gasteiger partial charge is 0.388 e. The highest BCUT2D eigenvalue weighted by molar-refractivity contribution is 5.28. The normalized spacial score (nSPS) is 12.7. The summed E-state index contributed by atoms with van der Waals surface area (Å²) in [5.41, 5.74) is 3.45. The van der Waals surface area contributed by atoms with Crippen molar-refractivity contribution in [3.8, 4) is 0 Å². The van der Waals surface area contributed by atoms with Crippen LogP contribution in [0.2, 0.25) is 0 Å². The maximum absolute atomic E-state index is 10.3. The lowest BCUT2D eigenvalue weighted by atomic mass is 9.96. The van der Waals surface area contributed by atoms with E-state index >= 15 is 0 Å². The van der Waals surface area contributed by atoms with Gasteiger partial charge in [-0.2, -0.15) is 0 Å². The molecule has 0 heterocycles. The molecule has 0 saturated carbocycles. The lowest BCUT2D eigenvalue weighted by Crippen LogP contribution is -2.02. The maximum atomic E-state index is 10.3. The van der Waals surface area contributed by atoms with Crippen LogP contribution < -0.4 is 0 Å². The van der Waals surface area contributed by atoms with Crippen molar-refractivity contribution in [2.75, 3.05) is 0 Å². The van der Waals surface area contributed by atoms with Crippen LogP contribution in [0.4, 0.5) is 0 Å². The Hall–Kier alpha value is -1.60. The van der Waals surface area contributed by atoms with Gasteiger partial charge in [-0.1, -0.05) is 68.4 Å². The van der Waals surface area contributed by atoms with E-state index in [-0.39, 0.29) is 0 Å². The third kappa shape index (κ3) is 3.21. The summed E-state index contributed by atoms with van der Waals surface area (Å²) in [7, 11) is 0. The second kappa shape index (κ2) is 5.83. The quantitative estimate of drug-likeness (QED) is 0.853. The smallest absolute Gasteiger partial charge is 0.0830 e. The van der Waals surface area contributed by atoms with Crippen LogP contribution in [0.25, 0.3) is 0 Å². The fourth-order valence-corrected chi connectivity index (χ4v) is 2.08. The number of benzene rings is 2. The van der Waals surface area contributed by atoms with Crippen molar-refractivity contribution in [2.45, 2.75) is 32.3 Å². The SMILES string of the molecule is CC(C)c1cccc(C(O)Cc2ccccc2)c1. The Labute approximate surface area is 109 Å². The molecule has 2 rings (SSSR count). The molecule has 2 aromatic carbocycles. The first kappa shape index (κ1) is 12.8. The number of hydrogen-bond acceptors (Lipinski definition) is 1. The van der Waals surface area contributed by atoms with Gasteiger partial charge < -0.3 is 5.11 Å². The van der Waals surface area contributed by atoms with Gasteiger partial charge in [0, 0.05) is 6.42 Å². The summed E-state index contributed by atoms with van der Waals surface area (Å²) in [6, 6.07) is 18.4. The van der Waals surface area contributed by atoms with Crippen molar-refractivity contribution in [3.05, 3.63) is 71.3 Å². The van der Waals surface area contributed by atoms with Gasteiger partial charge in [0.2, 0.25) is 0 Å². The van der Waals surface area contributed by atoms with Crippen LogP contribution >= 0.6 is 0 Å². The van der Waals surface area contributed by atoms with E-state index in [2.05, 4.69) is 38.1 Å². The van der Waals surface area contributed by atoms with Crippen LogP contribution in [0.5, 0.6) is 0 Å². The van der Waals surface area contributed by atoms with Gasteiger partial charge in [-0.25, -0.2) is 0 Å². The predicted molar refractivity (Wildman–Crippen MR) is 75.6 cm³/mol. The van der Waals surface area contributed by atoms with Crippen molar-refractivity contribution < 1.29 is 5.11 Å². The standard InChI is InChI=1S/C17H20O/c1-13(2)15-9-6-10-16(12-15)17(18)11-14-7-4-3-5-8-14/h3-10,12-13,17-18H,11H2,1-2H3. The zero-order chi connectivity index (χ0) is 13.0. The lowest BCUT2D eigenvalue weighted by Gasteiger charge is -2.14. The molecule has 0 radical (unpaired) electrons. The van der Waals surface area contributed by atoms with Crippen LogP contribution in [-0.2, 0) is 6.42 Å². The molecule has 1 N–H and O–H groups in total. The molecule has 1 unspecified atom stereocenters. The van der Waals surface area contributed by atoms with Crippen molar-refractivity contribution >= 4 is 0 Å². The van der Waals surface area contributed by atoms with E-state index < -0.39 is 6.10 Å². The summed E-state index contributed by atoms with van der Waals surface area (Å²) < 4.78 is 0. The van der Waals surface area contributed by atoms with Crippen LogP contribution in [0.15, 0.2) is 54.6 Å². The molecular formula is C17H20O. The van der Waals surface area contributed by atoms with E-state index in [0.29, 0.717) is 12.3 Å². The molecular weight excluding hydrogens is 220 g/mol. The molecule has 18 heavy (non-hydrogen) atoms. The minimum Gasteiger partial charge on any atom is -0.388 e. The van der Waals surface area contributed by atoms with Gasteiger partial charge in [-0.3, -0.25) is 0 Å². The first-order valence-electron chi connectivity index (χ1n) is 6.48. The molecule has 0 aliphatic carbocycles. The molecule has 94 valence electrons. The zero-order valence-corrected chi connectivity index (χ0v) is 11.0. The first-order valence-corrected chi connectivity index (χ1v) is 6.48. The monoisotopic (exact) mass is 240 g/mol. The van der Waals surface area contributed by atoms with E-state index in [1.807, 2.05) is 30.3 Å². The van der Waals surface area contributed by atoms with Gasteiger partial charge in [-0.15, -0.1) is 0 Å². The average Bonchev–Trinajstić information content (AvgIpc) is 2.40. The molecule has 0 aliphatic heterocycles. The topological polar surface area (TPSA) is 20.2 Å². The van der Waals surface area contributed by atoms with Gasteiger partial charge in [-0.05, 0) is 22.6 Å². The molecule has 1 nitrogen and oxygen atoms in total. The highest BCUT2D eigenvalue weighted by Crippen LogP contribution is 2.22. The molecule has 0 saturated heterocycles. The minimum absolute atomic E-state index is 0.425. The van der Waals surface area contributed by atoms with E-state index in [4.69, 9.17) is 0 Å². The highest BCUT2D eigenvalue weighted by atomic mass is 16.3. The molecule has 2 aromatic rings. The fraction of sp³-hybridized carbons (Fsp3) is 0.294. The predicted octanol–water partition coefficient (Wildman–Crippen LogP) is 4.09. The van der Waals surface area contributed by atoms with Crippen LogP contribution in [0.1, 0.15) is 42.6 Å². The summed E-state index contributed by atoms with van der Waals surface area (Å²) in [5.74, 6) is 0.494. The summed E-state index contributed by atoms with van der Waals surface area (Å²) in [6.07, 6.45) is 0.244. The second-order valence-electron chi connectivity index (χ2n) is 5.03. The number of rotatable bonds is 4. The Bertz CT molecular complexity index is 488. The van der Waals surface area contributed by atoms with Gasteiger partial charge in [0.05, 0.1) is 6.10 Å². The summed E-state index contributed by atoms with van der Waals surface area (Å²) in [6.45, 7) is 4.34. The molecule has 0 spiro atoms. The second-order valence-corrected chi connectivity index (χ2v) is 5.03. The van der Waals surface area contributed by atoms with Crippen molar-refractivity contribution in [1.29, 1.82) is 0 Å². The highest BCUT2D eigenvalue weighted by Gasteiger charge is 2.09. The van der Waals surface area contributed by atoms with Crippen LogP contribution in [0, 0.1) is 0 Å². The Morgan fingerprint density at radius 3 is 2.22 bits per heavy atom. The number of hydrogen-bond donors (Lipinski definition) is 1. The maximum Gasteiger partial charge on any atom is 0.0830 e. The van der Waals surface area contributed by atoms with E-state index in [0.717, 1.165) is 5.56 Å². The number of aliphatic hydroxyl groups is 1. The van der Waals surface area contributed by atoms with Crippen LogP contribution in [-0.4, -0.2) is 5.11 Å². The minimum atomic E-state index is -0.425. The summed E-state index contributed by atoms with van der Waals surface area (Å²) in [5, 5.41) is 10.3. The Morgan fingerprint density at radius 1 is 0.889 bits per heavy atom. The molecule has 0 bridgehead atoms. The van der Waals surface area contributed by atoms with Gasteiger partial charge in [0.1, 0.15) is 0 Å². The molecule has 0 aliphatic rings. The Kier molecular flexibility index (Phi) is 4.16. The molecule has 0 amide bonds. The van der Waals surface area contributed by atoms with E-state index in [1.165, 1.54) is 11.1 Å². The molecule has 1 atom stereocenters. The Balaban J connectivity index is 2.14. The third-order valence-corrected chi connectivity index (χ3v) is 3.23. The van der Waals surface area contributed by atoms with E-state index in [9.17, 15) is 5.11 Å². The molecule has 0 fully saturated rings. The fourth-order valence-electron chi connectivity index (χ4n) is 2.08. The van der Waals surface area contributed by atoms with Crippen molar-refractivity contribution in [3.63, 3.8) is 0 Å². The molecule has 1 heteroatoms. The lowest BCUT2D eigenvalue weighted by molar-refractivity contribution is 0.178. The average molecular weight is 240 g/mol. The van der Waals surface area contributed by atoms with Crippen molar-refractivity contribution in [2.24, 2.45) is 0 Å². The summed E-state index contributed by atoms with van der Waals surface area (Å²) >= 11 is 0. The van der Waals surface area contributed by atoms with E-state index in [1.54, 1.807) is 0 Å².